The van der Waals surface area contributed by atoms with Gasteiger partial charge in [0, 0.05) is 29.0 Å². The molecule has 0 aliphatic carbocycles. The highest BCUT2D eigenvalue weighted by Gasteiger charge is 2.57. The Kier molecular flexibility index (Phi) is 4.34. The summed E-state index contributed by atoms with van der Waals surface area (Å²) in [6.45, 7) is 7.33. The van der Waals surface area contributed by atoms with Crippen LogP contribution in [0.5, 0.6) is 0 Å². The minimum absolute atomic E-state index is 0.117. The lowest BCUT2D eigenvalue weighted by atomic mass is 9.74. The van der Waals surface area contributed by atoms with E-state index in [4.69, 9.17) is 0 Å². The van der Waals surface area contributed by atoms with E-state index in [9.17, 15) is 4.79 Å². The van der Waals surface area contributed by atoms with Crippen LogP contribution in [-0.4, -0.2) is 24.4 Å². The number of thioether (sulfide) groups is 1. The van der Waals surface area contributed by atoms with Gasteiger partial charge in [-0.1, -0.05) is 49.8 Å². The minimum Gasteiger partial charge on any atom is -0.344 e. The van der Waals surface area contributed by atoms with Crippen LogP contribution >= 0.6 is 11.8 Å². The summed E-state index contributed by atoms with van der Waals surface area (Å²) in [6, 6.07) is 15.2. The number of carbonyl (C=O) groups is 1. The number of rotatable bonds is 3. The van der Waals surface area contributed by atoms with Gasteiger partial charge in [-0.25, -0.2) is 0 Å². The number of aryl methyl sites for hydroxylation is 1. The Morgan fingerprint density at radius 3 is 2.59 bits per heavy atom. The summed E-state index contributed by atoms with van der Waals surface area (Å²) in [5, 5.41) is 3.34. The summed E-state index contributed by atoms with van der Waals surface area (Å²) < 4.78 is 0. The van der Waals surface area contributed by atoms with Gasteiger partial charge in [0.15, 0.2) is 0 Å². The van der Waals surface area contributed by atoms with Gasteiger partial charge in [-0.3, -0.25) is 4.79 Å². The molecule has 1 fully saturated rings. The van der Waals surface area contributed by atoms with Gasteiger partial charge in [0.1, 0.15) is 5.66 Å². The zero-order valence-electron chi connectivity index (χ0n) is 16.4. The molecule has 1 amide bonds. The fraction of sp³-hybridized carbons (Fsp3) is 0.348. The minimum atomic E-state index is -0.545. The number of carbonyl (C=O) groups excluding carboxylic acids is 1. The number of nitrogens with one attached hydrogen (secondary N) is 1. The first-order valence-corrected chi connectivity index (χ1v) is 10.6. The molecule has 140 valence electrons. The first-order valence-electron chi connectivity index (χ1n) is 9.40. The second-order valence-electron chi connectivity index (χ2n) is 7.97. The predicted octanol–water partition coefficient (Wildman–Crippen LogP) is 4.74. The summed E-state index contributed by atoms with van der Waals surface area (Å²) in [7, 11) is 0. The zero-order chi connectivity index (χ0) is 19.2. The van der Waals surface area contributed by atoms with Gasteiger partial charge >= 0.3 is 0 Å². The molecule has 2 aliphatic heterocycles. The van der Waals surface area contributed by atoms with Crippen LogP contribution in [0.15, 0.2) is 53.4 Å². The van der Waals surface area contributed by atoms with E-state index in [1.807, 2.05) is 0 Å². The number of fused-ring (bicyclic) bond motifs is 3. The second-order valence-corrected chi connectivity index (χ2v) is 8.85. The molecule has 27 heavy (non-hydrogen) atoms. The number of hydrogen-bond donors (Lipinski definition) is 1. The van der Waals surface area contributed by atoms with Crippen LogP contribution < -0.4 is 10.2 Å². The van der Waals surface area contributed by atoms with Crippen molar-refractivity contribution in [1.29, 1.82) is 0 Å². The molecule has 4 heteroatoms. The van der Waals surface area contributed by atoms with Gasteiger partial charge in [0.05, 0.1) is 0 Å². The molecule has 2 heterocycles. The van der Waals surface area contributed by atoms with Crippen molar-refractivity contribution in [2.75, 3.05) is 17.7 Å². The van der Waals surface area contributed by atoms with Crippen molar-refractivity contribution in [3.05, 3.63) is 65.2 Å². The first-order chi connectivity index (χ1) is 12.9. The third-order valence-electron chi connectivity index (χ3n) is 6.02. The summed E-state index contributed by atoms with van der Waals surface area (Å²) >= 11 is 1.74. The van der Waals surface area contributed by atoms with Gasteiger partial charge in [-0.2, -0.15) is 0 Å². The molecule has 1 atom stereocenters. The smallest absolute Gasteiger partial charge is 0.223 e. The van der Waals surface area contributed by atoms with Crippen molar-refractivity contribution in [3.8, 4) is 0 Å². The number of benzene rings is 2. The summed E-state index contributed by atoms with van der Waals surface area (Å²) in [5.74, 6) is 0.117. The Bertz CT molecular complexity index is 916. The molecule has 0 unspecified atom stereocenters. The van der Waals surface area contributed by atoms with E-state index in [2.05, 4.69) is 91.9 Å². The van der Waals surface area contributed by atoms with E-state index in [0.717, 1.165) is 12.1 Å². The maximum Gasteiger partial charge on any atom is 0.223 e. The van der Waals surface area contributed by atoms with E-state index in [0.29, 0.717) is 6.42 Å². The van der Waals surface area contributed by atoms with E-state index in [1.54, 1.807) is 11.8 Å². The quantitative estimate of drug-likeness (QED) is 0.783. The van der Waals surface area contributed by atoms with Crippen LogP contribution in [0.1, 0.15) is 37.0 Å². The van der Waals surface area contributed by atoms with Crippen molar-refractivity contribution in [1.82, 2.24) is 5.32 Å². The lowest BCUT2D eigenvalue weighted by Gasteiger charge is -2.49. The molecule has 0 saturated carbocycles. The lowest BCUT2D eigenvalue weighted by molar-refractivity contribution is -0.124. The number of nitrogens with zero attached hydrogens (tertiary/aromatic N) is 1. The molecule has 2 aromatic rings. The zero-order valence-corrected chi connectivity index (χ0v) is 17.2. The molecule has 1 saturated heterocycles. The third kappa shape index (κ3) is 2.78. The van der Waals surface area contributed by atoms with Crippen molar-refractivity contribution in [3.63, 3.8) is 0 Å². The molecule has 0 aromatic heterocycles. The van der Waals surface area contributed by atoms with Gasteiger partial charge < -0.3 is 10.2 Å². The van der Waals surface area contributed by atoms with Crippen molar-refractivity contribution in [2.24, 2.45) is 0 Å². The fourth-order valence-corrected chi connectivity index (χ4v) is 4.81. The van der Waals surface area contributed by atoms with Gasteiger partial charge in [-0.15, -0.1) is 11.8 Å². The molecule has 0 bridgehead atoms. The normalized spacial score (nSPS) is 23.3. The SMILES string of the molecule is CSc1ccc(C=C[C@]23NC(=O)CCN2c2ccc(C)cc2C3(C)C)cc1. The molecule has 1 N–H and O–H groups in total. The summed E-state index contributed by atoms with van der Waals surface area (Å²) in [4.78, 5) is 16.1. The lowest BCUT2D eigenvalue weighted by Crippen LogP contribution is -2.68. The van der Waals surface area contributed by atoms with Gasteiger partial charge in [0.2, 0.25) is 5.91 Å². The van der Waals surface area contributed by atoms with Gasteiger partial charge in [0.25, 0.3) is 0 Å². The van der Waals surface area contributed by atoms with E-state index < -0.39 is 5.66 Å². The maximum absolute atomic E-state index is 12.4. The molecule has 2 aromatic carbocycles. The molecule has 0 spiro atoms. The Hall–Kier alpha value is -2.20. The van der Waals surface area contributed by atoms with E-state index in [1.165, 1.54) is 21.7 Å². The second kappa shape index (κ2) is 6.45. The standard InChI is InChI=1S/C23H26N2OS/c1-16-5-10-20-19(15-16)22(2,3)23(24-21(26)12-14-25(20)23)13-11-17-6-8-18(27-4)9-7-17/h5-11,13,15H,12,14H2,1-4H3,(H,24,26)/t23-/m0/s1. The van der Waals surface area contributed by atoms with Crippen molar-refractivity contribution in [2.45, 2.75) is 43.2 Å². The van der Waals surface area contributed by atoms with Crippen LogP contribution in [0.3, 0.4) is 0 Å². The van der Waals surface area contributed by atoms with Gasteiger partial charge in [-0.05, 0) is 48.6 Å². The number of anilines is 1. The van der Waals surface area contributed by atoms with E-state index in [-0.39, 0.29) is 11.3 Å². The van der Waals surface area contributed by atoms with Crippen LogP contribution in [0.2, 0.25) is 0 Å². The maximum atomic E-state index is 12.4. The van der Waals surface area contributed by atoms with Crippen molar-refractivity contribution < 1.29 is 4.79 Å². The Morgan fingerprint density at radius 1 is 1.15 bits per heavy atom. The average molecular weight is 379 g/mol. The van der Waals surface area contributed by atoms with Crippen molar-refractivity contribution >= 4 is 29.4 Å². The van der Waals surface area contributed by atoms with Crippen LogP contribution in [-0.2, 0) is 10.2 Å². The molecule has 0 radical (unpaired) electrons. The number of amides is 1. The Labute approximate surface area is 165 Å². The topological polar surface area (TPSA) is 32.3 Å². The highest BCUT2D eigenvalue weighted by atomic mass is 32.2. The predicted molar refractivity (Wildman–Crippen MR) is 114 cm³/mol. The monoisotopic (exact) mass is 378 g/mol. The molecule has 2 aliphatic rings. The summed E-state index contributed by atoms with van der Waals surface area (Å²) in [5.41, 5.74) is 4.14. The third-order valence-corrected chi connectivity index (χ3v) is 6.76. The fourth-order valence-electron chi connectivity index (χ4n) is 4.40. The first kappa shape index (κ1) is 18.2. The largest absolute Gasteiger partial charge is 0.344 e. The molecule has 4 rings (SSSR count). The molecule has 3 nitrogen and oxygen atoms in total. The summed E-state index contributed by atoms with van der Waals surface area (Å²) in [6.07, 6.45) is 6.94. The molecular weight excluding hydrogens is 352 g/mol. The Morgan fingerprint density at radius 2 is 1.89 bits per heavy atom. The van der Waals surface area contributed by atoms with Crippen LogP contribution in [0.4, 0.5) is 5.69 Å². The van der Waals surface area contributed by atoms with Crippen LogP contribution in [0, 0.1) is 6.92 Å². The highest BCUT2D eigenvalue weighted by Crippen LogP contribution is 2.52. The average Bonchev–Trinajstić information content (AvgIpc) is 2.84. The highest BCUT2D eigenvalue weighted by molar-refractivity contribution is 7.98. The number of hydrogen-bond acceptors (Lipinski definition) is 3. The molecular formula is C23H26N2OS. The Balaban J connectivity index is 1.81. The van der Waals surface area contributed by atoms with E-state index >= 15 is 0 Å². The van der Waals surface area contributed by atoms with Crippen LogP contribution in [0.25, 0.3) is 6.08 Å².